The van der Waals surface area contributed by atoms with Gasteiger partial charge in [0.05, 0.1) is 18.4 Å². The molecule has 0 saturated carbocycles. The van der Waals surface area contributed by atoms with Crippen LogP contribution in [0.3, 0.4) is 0 Å². The van der Waals surface area contributed by atoms with Crippen molar-refractivity contribution in [1.29, 1.82) is 0 Å². The van der Waals surface area contributed by atoms with E-state index < -0.39 is 0 Å². The maximum absolute atomic E-state index is 12.3. The lowest BCUT2D eigenvalue weighted by atomic mass is 10.1. The van der Waals surface area contributed by atoms with Crippen LogP contribution in [0.1, 0.15) is 31.0 Å². The molecule has 0 radical (unpaired) electrons. The van der Waals surface area contributed by atoms with Crippen LogP contribution in [0.5, 0.6) is 5.75 Å². The summed E-state index contributed by atoms with van der Waals surface area (Å²) >= 11 is 1.65. The summed E-state index contributed by atoms with van der Waals surface area (Å²) in [6.07, 6.45) is 0. The Labute approximate surface area is 142 Å². The first kappa shape index (κ1) is 17.4. The standard InChI is InChI=1S/C19H23NO2S/c1-14(17-9-11-18(22-3)12-10-17)20-19(21)15(2)23-13-16-7-5-4-6-8-16/h4-12,14-15H,13H2,1-3H3,(H,20,21)/t14-,15-/m0/s1. The number of rotatable bonds is 7. The molecule has 0 aromatic heterocycles. The highest BCUT2D eigenvalue weighted by molar-refractivity contribution is 7.99. The van der Waals surface area contributed by atoms with Crippen LogP contribution in [0, 0.1) is 0 Å². The molecule has 23 heavy (non-hydrogen) atoms. The van der Waals surface area contributed by atoms with Crippen molar-refractivity contribution in [2.45, 2.75) is 30.9 Å². The van der Waals surface area contributed by atoms with Crippen molar-refractivity contribution >= 4 is 17.7 Å². The Morgan fingerprint density at radius 3 is 2.35 bits per heavy atom. The average Bonchev–Trinajstić information content (AvgIpc) is 2.60. The molecule has 0 aliphatic carbocycles. The van der Waals surface area contributed by atoms with E-state index in [0.29, 0.717) is 0 Å². The average molecular weight is 329 g/mol. The van der Waals surface area contributed by atoms with Crippen molar-refractivity contribution in [2.24, 2.45) is 0 Å². The lowest BCUT2D eigenvalue weighted by Crippen LogP contribution is -2.33. The third kappa shape index (κ3) is 5.32. The van der Waals surface area contributed by atoms with E-state index in [1.807, 2.05) is 56.3 Å². The van der Waals surface area contributed by atoms with Gasteiger partial charge in [0.15, 0.2) is 0 Å². The Kier molecular flexibility index (Phi) is 6.53. The molecule has 0 unspecified atom stereocenters. The fourth-order valence-electron chi connectivity index (χ4n) is 2.18. The molecule has 4 heteroatoms. The molecule has 2 atom stereocenters. The van der Waals surface area contributed by atoms with Gasteiger partial charge in [-0.05, 0) is 37.1 Å². The number of thioether (sulfide) groups is 1. The van der Waals surface area contributed by atoms with E-state index in [4.69, 9.17) is 4.74 Å². The van der Waals surface area contributed by atoms with Gasteiger partial charge in [-0.1, -0.05) is 42.5 Å². The van der Waals surface area contributed by atoms with Gasteiger partial charge in [0.25, 0.3) is 0 Å². The van der Waals surface area contributed by atoms with Crippen LogP contribution in [0.4, 0.5) is 0 Å². The van der Waals surface area contributed by atoms with Crippen LogP contribution in [0.15, 0.2) is 54.6 Å². The Morgan fingerprint density at radius 2 is 1.74 bits per heavy atom. The van der Waals surface area contributed by atoms with E-state index in [1.165, 1.54) is 5.56 Å². The molecule has 0 aliphatic heterocycles. The molecule has 122 valence electrons. The van der Waals surface area contributed by atoms with Crippen molar-refractivity contribution in [2.75, 3.05) is 7.11 Å². The summed E-state index contributed by atoms with van der Waals surface area (Å²) in [4.78, 5) is 12.3. The number of ether oxygens (including phenoxy) is 1. The SMILES string of the molecule is COc1ccc([C@H](C)NC(=O)[C@H](C)SCc2ccccc2)cc1. The molecular formula is C19H23NO2S. The van der Waals surface area contributed by atoms with Crippen LogP contribution in [-0.4, -0.2) is 18.3 Å². The zero-order chi connectivity index (χ0) is 16.7. The lowest BCUT2D eigenvalue weighted by Gasteiger charge is -2.18. The normalized spacial score (nSPS) is 13.2. The summed E-state index contributed by atoms with van der Waals surface area (Å²) in [7, 11) is 1.64. The monoisotopic (exact) mass is 329 g/mol. The van der Waals surface area contributed by atoms with Gasteiger partial charge in [0, 0.05) is 5.75 Å². The van der Waals surface area contributed by atoms with Gasteiger partial charge < -0.3 is 10.1 Å². The lowest BCUT2D eigenvalue weighted by molar-refractivity contribution is -0.120. The van der Waals surface area contributed by atoms with Gasteiger partial charge in [0.1, 0.15) is 5.75 Å². The topological polar surface area (TPSA) is 38.3 Å². The second-order valence-corrected chi connectivity index (χ2v) is 6.77. The van der Waals surface area contributed by atoms with E-state index in [0.717, 1.165) is 17.1 Å². The summed E-state index contributed by atoms with van der Waals surface area (Å²) < 4.78 is 5.15. The zero-order valence-electron chi connectivity index (χ0n) is 13.8. The van der Waals surface area contributed by atoms with Crippen LogP contribution in [0.2, 0.25) is 0 Å². The first-order valence-electron chi connectivity index (χ1n) is 7.70. The highest BCUT2D eigenvalue weighted by atomic mass is 32.2. The minimum Gasteiger partial charge on any atom is -0.497 e. The van der Waals surface area contributed by atoms with Crippen LogP contribution >= 0.6 is 11.8 Å². The molecule has 2 aromatic rings. The van der Waals surface area contributed by atoms with Gasteiger partial charge in [-0.3, -0.25) is 4.79 Å². The molecule has 2 rings (SSSR count). The number of benzene rings is 2. The van der Waals surface area contributed by atoms with Crippen molar-refractivity contribution < 1.29 is 9.53 Å². The van der Waals surface area contributed by atoms with Crippen LogP contribution in [0.25, 0.3) is 0 Å². The Balaban J connectivity index is 1.84. The number of hydrogen-bond donors (Lipinski definition) is 1. The number of carbonyl (C=O) groups excluding carboxylic acids is 1. The van der Waals surface area contributed by atoms with Crippen molar-refractivity contribution in [3.63, 3.8) is 0 Å². The van der Waals surface area contributed by atoms with E-state index in [2.05, 4.69) is 17.4 Å². The van der Waals surface area contributed by atoms with Crippen LogP contribution in [-0.2, 0) is 10.5 Å². The molecule has 0 fully saturated rings. The molecule has 3 nitrogen and oxygen atoms in total. The first-order chi connectivity index (χ1) is 11.1. The fourth-order valence-corrected chi connectivity index (χ4v) is 3.03. The summed E-state index contributed by atoms with van der Waals surface area (Å²) in [5.41, 5.74) is 2.31. The van der Waals surface area contributed by atoms with E-state index >= 15 is 0 Å². The molecule has 1 N–H and O–H groups in total. The van der Waals surface area contributed by atoms with Gasteiger partial charge in [-0.2, -0.15) is 0 Å². The molecule has 2 aromatic carbocycles. The van der Waals surface area contributed by atoms with Gasteiger partial charge in [-0.15, -0.1) is 11.8 Å². The highest BCUT2D eigenvalue weighted by Crippen LogP contribution is 2.20. The van der Waals surface area contributed by atoms with Crippen molar-refractivity contribution in [3.8, 4) is 5.75 Å². The molecule has 0 heterocycles. The van der Waals surface area contributed by atoms with E-state index in [9.17, 15) is 4.79 Å². The number of nitrogens with one attached hydrogen (secondary N) is 1. The number of hydrogen-bond acceptors (Lipinski definition) is 3. The number of amides is 1. The van der Waals surface area contributed by atoms with Gasteiger partial charge in [0.2, 0.25) is 5.91 Å². The molecule has 0 aliphatic rings. The minimum absolute atomic E-state index is 0.0202. The quantitative estimate of drug-likeness (QED) is 0.827. The predicted octanol–water partition coefficient (Wildman–Crippen LogP) is 4.19. The van der Waals surface area contributed by atoms with E-state index in [-0.39, 0.29) is 17.2 Å². The minimum atomic E-state index is -0.0871. The predicted molar refractivity (Wildman–Crippen MR) is 96.8 cm³/mol. The molecule has 1 amide bonds. The summed E-state index contributed by atoms with van der Waals surface area (Å²) in [6, 6.07) is 18.0. The van der Waals surface area contributed by atoms with Gasteiger partial charge >= 0.3 is 0 Å². The smallest absolute Gasteiger partial charge is 0.233 e. The maximum Gasteiger partial charge on any atom is 0.233 e. The van der Waals surface area contributed by atoms with Crippen LogP contribution < -0.4 is 10.1 Å². The zero-order valence-corrected chi connectivity index (χ0v) is 14.6. The second kappa shape index (κ2) is 8.63. The molecule has 0 spiro atoms. The van der Waals surface area contributed by atoms with Gasteiger partial charge in [-0.25, -0.2) is 0 Å². The molecule has 0 saturated heterocycles. The Morgan fingerprint density at radius 1 is 1.09 bits per heavy atom. The summed E-state index contributed by atoms with van der Waals surface area (Å²) in [5, 5.41) is 2.98. The third-order valence-corrected chi connectivity index (χ3v) is 4.90. The largest absolute Gasteiger partial charge is 0.497 e. The Bertz CT molecular complexity index is 613. The molecule has 0 bridgehead atoms. The summed E-state index contributed by atoms with van der Waals surface area (Å²) in [6.45, 7) is 3.94. The number of carbonyl (C=O) groups is 1. The van der Waals surface area contributed by atoms with E-state index in [1.54, 1.807) is 18.9 Å². The van der Waals surface area contributed by atoms with Crippen molar-refractivity contribution in [3.05, 3.63) is 65.7 Å². The number of methoxy groups -OCH3 is 1. The summed E-state index contributed by atoms with van der Waals surface area (Å²) in [5.74, 6) is 1.72. The highest BCUT2D eigenvalue weighted by Gasteiger charge is 2.16. The third-order valence-electron chi connectivity index (χ3n) is 3.69. The van der Waals surface area contributed by atoms with Crippen molar-refractivity contribution in [1.82, 2.24) is 5.32 Å². The Hall–Kier alpha value is -1.94. The fraction of sp³-hybridized carbons (Fsp3) is 0.316. The second-order valence-electron chi connectivity index (χ2n) is 5.44. The molecular weight excluding hydrogens is 306 g/mol. The first-order valence-corrected chi connectivity index (χ1v) is 8.75. The maximum atomic E-state index is 12.3.